The van der Waals surface area contributed by atoms with Crippen LogP contribution in [-0.4, -0.2) is 25.5 Å². The summed E-state index contributed by atoms with van der Waals surface area (Å²) in [7, 11) is 0. The van der Waals surface area contributed by atoms with Crippen LogP contribution in [0.2, 0.25) is 5.15 Å². The van der Waals surface area contributed by atoms with E-state index in [1.54, 1.807) is 35.0 Å². The first kappa shape index (κ1) is 18.5. The molecule has 4 aromatic rings. The van der Waals surface area contributed by atoms with Crippen LogP contribution in [0.1, 0.15) is 0 Å². The number of nitrogens with zero attached hydrogens (tertiary/aromatic N) is 4. The van der Waals surface area contributed by atoms with Crippen LogP contribution in [0.3, 0.4) is 0 Å². The van der Waals surface area contributed by atoms with Gasteiger partial charge in [0.15, 0.2) is 5.65 Å². The highest BCUT2D eigenvalue weighted by Gasteiger charge is 2.10. The Hall–Kier alpha value is -3.91. The van der Waals surface area contributed by atoms with Gasteiger partial charge in [-0.3, -0.25) is 4.79 Å². The Morgan fingerprint density at radius 2 is 1.76 bits per heavy atom. The molecule has 8 nitrogen and oxygen atoms in total. The number of amides is 1. The molecular formula is C20H16ClN7O. The van der Waals surface area contributed by atoms with Crippen LogP contribution in [0.4, 0.5) is 28.8 Å². The van der Waals surface area contributed by atoms with Crippen molar-refractivity contribution in [1.29, 1.82) is 0 Å². The van der Waals surface area contributed by atoms with Crippen LogP contribution in [-0.2, 0) is 4.79 Å². The molecule has 0 aliphatic heterocycles. The molecule has 0 aliphatic carbocycles. The van der Waals surface area contributed by atoms with E-state index in [9.17, 15) is 4.79 Å². The minimum Gasteiger partial charge on any atom is -0.340 e. The molecule has 9 heteroatoms. The average Bonchev–Trinajstić information content (AvgIpc) is 3.17. The van der Waals surface area contributed by atoms with Gasteiger partial charge in [0.05, 0.1) is 6.20 Å². The highest BCUT2D eigenvalue weighted by molar-refractivity contribution is 6.29. The number of benzene rings is 1. The number of carbonyl (C=O) groups is 1. The van der Waals surface area contributed by atoms with E-state index in [-0.39, 0.29) is 5.91 Å². The van der Waals surface area contributed by atoms with Crippen molar-refractivity contribution in [2.75, 3.05) is 16.0 Å². The number of hydrogen-bond acceptors (Lipinski definition) is 6. The second-order valence-corrected chi connectivity index (χ2v) is 6.39. The van der Waals surface area contributed by atoms with Gasteiger partial charge in [0.2, 0.25) is 5.91 Å². The van der Waals surface area contributed by atoms with Crippen LogP contribution in [0, 0.1) is 0 Å². The third kappa shape index (κ3) is 4.33. The van der Waals surface area contributed by atoms with Gasteiger partial charge in [-0.2, -0.15) is 9.61 Å². The van der Waals surface area contributed by atoms with E-state index in [1.807, 2.05) is 30.3 Å². The van der Waals surface area contributed by atoms with E-state index in [0.717, 1.165) is 5.69 Å². The lowest BCUT2D eigenvalue weighted by molar-refractivity contribution is -0.111. The highest BCUT2D eigenvalue weighted by Crippen LogP contribution is 2.25. The molecule has 0 bridgehead atoms. The molecule has 4 rings (SSSR count). The maximum Gasteiger partial charge on any atom is 0.247 e. The maximum atomic E-state index is 11.8. The Morgan fingerprint density at radius 3 is 2.52 bits per heavy atom. The van der Waals surface area contributed by atoms with Crippen molar-refractivity contribution >= 4 is 52.0 Å². The maximum absolute atomic E-state index is 11.8. The summed E-state index contributed by atoms with van der Waals surface area (Å²) >= 11 is 6.11. The third-order valence-electron chi connectivity index (χ3n) is 3.91. The van der Waals surface area contributed by atoms with Crippen molar-refractivity contribution in [3.8, 4) is 0 Å². The molecule has 0 atom stereocenters. The summed E-state index contributed by atoms with van der Waals surface area (Å²) in [4.78, 5) is 20.6. The van der Waals surface area contributed by atoms with Crippen LogP contribution in [0.25, 0.3) is 5.65 Å². The van der Waals surface area contributed by atoms with Gasteiger partial charge in [0.1, 0.15) is 22.6 Å². The smallest absolute Gasteiger partial charge is 0.247 e. The summed E-state index contributed by atoms with van der Waals surface area (Å²) in [5.41, 5.74) is 2.00. The lowest BCUT2D eigenvalue weighted by Gasteiger charge is -2.13. The summed E-state index contributed by atoms with van der Waals surface area (Å²) in [6, 6.07) is 16.4. The van der Waals surface area contributed by atoms with Crippen LogP contribution in [0.15, 0.2) is 73.4 Å². The summed E-state index contributed by atoms with van der Waals surface area (Å²) < 4.78 is 1.60. The van der Waals surface area contributed by atoms with Gasteiger partial charge in [-0.15, -0.1) is 0 Å². The normalized spacial score (nSPS) is 10.5. The first-order valence-corrected chi connectivity index (χ1v) is 9.03. The molecule has 0 saturated heterocycles. The van der Waals surface area contributed by atoms with E-state index >= 15 is 0 Å². The van der Waals surface area contributed by atoms with E-state index in [1.165, 1.54) is 6.08 Å². The lowest BCUT2D eigenvalue weighted by Crippen LogP contribution is -2.09. The van der Waals surface area contributed by atoms with Crippen molar-refractivity contribution in [2.24, 2.45) is 0 Å². The lowest BCUT2D eigenvalue weighted by atomic mass is 10.3. The van der Waals surface area contributed by atoms with Crippen molar-refractivity contribution < 1.29 is 4.79 Å². The number of nitrogens with one attached hydrogen (secondary N) is 3. The number of rotatable bonds is 6. The predicted octanol–water partition coefficient (Wildman–Crippen LogP) is 4.39. The zero-order valence-electron chi connectivity index (χ0n) is 15.1. The summed E-state index contributed by atoms with van der Waals surface area (Å²) in [5, 5.41) is 13.7. The molecule has 0 saturated carbocycles. The third-order valence-corrected chi connectivity index (χ3v) is 4.10. The van der Waals surface area contributed by atoms with Gasteiger partial charge in [0, 0.05) is 35.6 Å². The Kier molecular flexibility index (Phi) is 5.08. The second kappa shape index (κ2) is 7.99. The quantitative estimate of drug-likeness (QED) is 0.325. The summed E-state index contributed by atoms with van der Waals surface area (Å²) in [5.74, 6) is 1.27. The summed E-state index contributed by atoms with van der Waals surface area (Å²) in [6.07, 6.45) is 2.83. The second-order valence-electron chi connectivity index (χ2n) is 6.00. The monoisotopic (exact) mass is 405 g/mol. The molecule has 0 fully saturated rings. The van der Waals surface area contributed by atoms with Gasteiger partial charge in [-0.1, -0.05) is 36.4 Å². The largest absolute Gasteiger partial charge is 0.340 e. The first-order valence-electron chi connectivity index (χ1n) is 8.65. The van der Waals surface area contributed by atoms with Gasteiger partial charge in [0.25, 0.3) is 0 Å². The number of fused-ring (bicyclic) bond motifs is 1. The number of aromatic nitrogens is 4. The standard InChI is InChI=1S/C20H16ClN7O/c1-2-20(29)24-14-10-16(23-13-6-4-3-5-7-13)26-17(11-14)27-19-12-15(21)25-18-8-9-22-28(18)19/h2-12H,1H2,(H3,23,24,26,27,29). The number of para-hydroxylation sites is 1. The van der Waals surface area contributed by atoms with Gasteiger partial charge in [-0.25, -0.2) is 9.97 Å². The van der Waals surface area contributed by atoms with E-state index in [2.05, 4.69) is 37.6 Å². The summed E-state index contributed by atoms with van der Waals surface area (Å²) in [6.45, 7) is 3.48. The van der Waals surface area contributed by atoms with E-state index in [0.29, 0.717) is 33.9 Å². The SMILES string of the molecule is C=CC(=O)Nc1cc(Nc2ccccc2)nc(Nc2cc(Cl)nc3ccnn23)c1. The van der Waals surface area contributed by atoms with E-state index < -0.39 is 0 Å². The number of carbonyl (C=O) groups excluding carboxylic acids is 1. The Labute approximate surface area is 171 Å². The molecule has 1 amide bonds. The van der Waals surface area contributed by atoms with Crippen molar-refractivity contribution in [2.45, 2.75) is 0 Å². The van der Waals surface area contributed by atoms with Crippen molar-refractivity contribution in [3.05, 3.63) is 78.6 Å². The Balaban J connectivity index is 1.71. The molecule has 3 aromatic heterocycles. The van der Waals surface area contributed by atoms with Gasteiger partial charge >= 0.3 is 0 Å². The number of hydrogen-bond donors (Lipinski definition) is 3. The average molecular weight is 406 g/mol. The zero-order valence-corrected chi connectivity index (χ0v) is 15.9. The number of anilines is 5. The minimum absolute atomic E-state index is 0.319. The fourth-order valence-corrected chi connectivity index (χ4v) is 2.89. The number of pyridine rings is 1. The zero-order chi connectivity index (χ0) is 20.2. The fraction of sp³-hybridized carbons (Fsp3) is 0. The predicted molar refractivity (Wildman–Crippen MR) is 114 cm³/mol. The molecule has 1 aromatic carbocycles. The van der Waals surface area contributed by atoms with Crippen molar-refractivity contribution in [1.82, 2.24) is 19.6 Å². The minimum atomic E-state index is -0.325. The molecule has 3 heterocycles. The van der Waals surface area contributed by atoms with E-state index in [4.69, 9.17) is 11.6 Å². The molecule has 0 spiro atoms. The molecule has 144 valence electrons. The fourth-order valence-electron chi connectivity index (χ4n) is 2.70. The first-order chi connectivity index (χ1) is 14.1. The molecular weight excluding hydrogens is 390 g/mol. The van der Waals surface area contributed by atoms with Crippen molar-refractivity contribution in [3.63, 3.8) is 0 Å². The van der Waals surface area contributed by atoms with Crippen LogP contribution >= 0.6 is 11.6 Å². The number of halogens is 1. The molecule has 3 N–H and O–H groups in total. The van der Waals surface area contributed by atoms with Crippen LogP contribution < -0.4 is 16.0 Å². The Bertz CT molecular complexity index is 1190. The molecule has 29 heavy (non-hydrogen) atoms. The molecule has 0 aliphatic rings. The molecule has 0 radical (unpaired) electrons. The highest BCUT2D eigenvalue weighted by atomic mass is 35.5. The van der Waals surface area contributed by atoms with Gasteiger partial charge in [-0.05, 0) is 18.2 Å². The van der Waals surface area contributed by atoms with Crippen LogP contribution in [0.5, 0.6) is 0 Å². The molecule has 0 unspecified atom stereocenters. The Morgan fingerprint density at radius 1 is 1.00 bits per heavy atom. The van der Waals surface area contributed by atoms with Gasteiger partial charge < -0.3 is 16.0 Å². The topological polar surface area (TPSA) is 96.2 Å².